The Morgan fingerprint density at radius 1 is 1.14 bits per heavy atom. The van der Waals surface area contributed by atoms with Gasteiger partial charge in [-0.05, 0) is 36.2 Å². The molecule has 3 rings (SSSR count). The molecule has 1 saturated heterocycles. The predicted molar refractivity (Wildman–Crippen MR) is 115 cm³/mol. The van der Waals surface area contributed by atoms with E-state index >= 15 is 0 Å². The molecule has 29 heavy (non-hydrogen) atoms. The third-order valence-corrected chi connectivity index (χ3v) is 5.43. The summed E-state index contributed by atoms with van der Waals surface area (Å²) >= 11 is 1.29. The molecule has 0 unspecified atom stereocenters. The molecule has 1 atom stereocenters. The molecule has 2 N–H and O–H groups in total. The van der Waals surface area contributed by atoms with Crippen molar-refractivity contribution in [3.63, 3.8) is 0 Å². The lowest BCUT2D eigenvalue weighted by Gasteiger charge is -2.09. The number of ether oxygens (including phenoxy) is 2. The maximum Gasteiger partial charge on any atom is 0.240 e. The molecule has 0 radical (unpaired) electrons. The zero-order chi connectivity index (χ0) is 20.6. The third kappa shape index (κ3) is 5.74. The van der Waals surface area contributed by atoms with E-state index in [-0.39, 0.29) is 18.2 Å². The van der Waals surface area contributed by atoms with Crippen LogP contribution < -0.4 is 20.1 Å². The number of hydrogen-bond acceptors (Lipinski definition) is 6. The van der Waals surface area contributed by atoms with Crippen molar-refractivity contribution in [2.45, 2.75) is 18.1 Å². The first kappa shape index (κ1) is 20.7. The van der Waals surface area contributed by atoms with Gasteiger partial charge in [-0.3, -0.25) is 14.6 Å². The highest BCUT2D eigenvalue weighted by molar-refractivity contribution is 8.15. The Morgan fingerprint density at radius 3 is 2.62 bits per heavy atom. The predicted octanol–water partition coefficient (Wildman–Crippen LogP) is 2.86. The molecule has 0 aliphatic carbocycles. The summed E-state index contributed by atoms with van der Waals surface area (Å²) in [6.07, 6.45) is 0.791. The van der Waals surface area contributed by atoms with E-state index in [1.165, 1.54) is 11.8 Å². The summed E-state index contributed by atoms with van der Waals surface area (Å²) in [6, 6.07) is 14.9. The Hall–Kier alpha value is -3.00. The van der Waals surface area contributed by atoms with Crippen LogP contribution in [0.3, 0.4) is 0 Å². The largest absolute Gasteiger partial charge is 0.493 e. The van der Waals surface area contributed by atoms with Gasteiger partial charge in [0.25, 0.3) is 0 Å². The number of nitrogens with one attached hydrogen (secondary N) is 2. The molecule has 1 fully saturated rings. The topological polar surface area (TPSA) is 89.0 Å². The number of anilines is 1. The summed E-state index contributed by atoms with van der Waals surface area (Å²) in [5.74, 6) is 0.960. The highest BCUT2D eigenvalue weighted by Gasteiger charge is 2.31. The quantitative estimate of drug-likeness (QED) is 0.695. The highest BCUT2D eigenvalue weighted by Crippen LogP contribution is 2.28. The summed E-state index contributed by atoms with van der Waals surface area (Å²) in [6.45, 7) is 0.515. The molecule has 1 aliphatic rings. The van der Waals surface area contributed by atoms with Crippen molar-refractivity contribution < 1.29 is 19.1 Å². The molecular weight excluding hydrogens is 390 g/mol. The van der Waals surface area contributed by atoms with Crippen LogP contribution in [0.1, 0.15) is 12.0 Å². The molecular formula is C21H23N3O4S. The van der Waals surface area contributed by atoms with Crippen LogP contribution in [-0.4, -0.2) is 43.0 Å². The minimum absolute atomic E-state index is 0.0973. The molecule has 1 aliphatic heterocycles. The normalized spacial score (nSPS) is 17.1. The molecule has 1 heterocycles. The summed E-state index contributed by atoms with van der Waals surface area (Å²) in [5, 5.41) is 5.62. The second-order valence-electron chi connectivity index (χ2n) is 6.34. The standard InChI is InChI=1S/C21H23N3O4S/c1-27-16-9-8-14(12-17(16)28-2)10-11-22-21-24-20(26)18(29-21)13-19(25)23-15-6-4-3-5-7-15/h3-9,12,18H,10-11,13H2,1-2H3,(H,23,25)(H,22,24,26)/t18-/m0/s1. The van der Waals surface area contributed by atoms with Crippen LogP contribution in [0.2, 0.25) is 0 Å². The number of amides is 2. The molecule has 2 aromatic rings. The van der Waals surface area contributed by atoms with Gasteiger partial charge in [0.2, 0.25) is 11.8 Å². The van der Waals surface area contributed by atoms with Crippen LogP contribution in [0.4, 0.5) is 5.69 Å². The van der Waals surface area contributed by atoms with Gasteiger partial charge in [0, 0.05) is 18.7 Å². The number of amidine groups is 1. The first-order valence-electron chi connectivity index (χ1n) is 9.17. The number of rotatable bonds is 8. The summed E-state index contributed by atoms with van der Waals surface area (Å²) < 4.78 is 10.5. The van der Waals surface area contributed by atoms with E-state index in [4.69, 9.17) is 9.47 Å². The Labute approximate surface area is 173 Å². The Morgan fingerprint density at radius 2 is 1.90 bits per heavy atom. The molecule has 152 valence electrons. The molecule has 7 nitrogen and oxygen atoms in total. The Balaban J connectivity index is 1.50. The van der Waals surface area contributed by atoms with Gasteiger partial charge >= 0.3 is 0 Å². The van der Waals surface area contributed by atoms with Crippen LogP contribution in [0, 0.1) is 0 Å². The Bertz CT molecular complexity index is 902. The van der Waals surface area contributed by atoms with E-state index in [2.05, 4.69) is 15.6 Å². The third-order valence-electron chi connectivity index (χ3n) is 4.31. The van der Waals surface area contributed by atoms with Crippen LogP contribution in [-0.2, 0) is 16.0 Å². The van der Waals surface area contributed by atoms with Crippen LogP contribution in [0.15, 0.2) is 53.5 Å². The fourth-order valence-electron chi connectivity index (χ4n) is 2.84. The minimum atomic E-state index is -0.474. The lowest BCUT2D eigenvalue weighted by atomic mass is 10.1. The zero-order valence-corrected chi connectivity index (χ0v) is 17.1. The van der Waals surface area contributed by atoms with Crippen molar-refractivity contribution in [2.75, 3.05) is 26.1 Å². The van der Waals surface area contributed by atoms with Crippen LogP contribution in [0.5, 0.6) is 11.5 Å². The van der Waals surface area contributed by atoms with Crippen molar-refractivity contribution in [2.24, 2.45) is 4.99 Å². The number of methoxy groups -OCH3 is 2. The van der Waals surface area contributed by atoms with Gasteiger partial charge in [0.05, 0.1) is 14.2 Å². The van der Waals surface area contributed by atoms with Crippen molar-refractivity contribution >= 4 is 34.4 Å². The number of thioether (sulfide) groups is 1. The summed E-state index contributed by atoms with van der Waals surface area (Å²) in [4.78, 5) is 28.8. The van der Waals surface area contributed by atoms with Crippen molar-refractivity contribution in [1.82, 2.24) is 5.32 Å². The van der Waals surface area contributed by atoms with Gasteiger partial charge in [-0.25, -0.2) is 0 Å². The first-order valence-corrected chi connectivity index (χ1v) is 10.0. The molecule has 0 spiro atoms. The highest BCUT2D eigenvalue weighted by atomic mass is 32.2. The molecule has 0 bridgehead atoms. The van der Waals surface area contributed by atoms with Gasteiger partial charge in [-0.15, -0.1) is 0 Å². The molecule has 2 aromatic carbocycles. The molecule has 0 aromatic heterocycles. The zero-order valence-electron chi connectivity index (χ0n) is 16.3. The van der Waals surface area contributed by atoms with E-state index < -0.39 is 5.25 Å². The summed E-state index contributed by atoms with van der Waals surface area (Å²) in [5.41, 5.74) is 1.77. The average molecular weight is 413 g/mol. The number of benzene rings is 2. The van der Waals surface area contributed by atoms with Crippen LogP contribution >= 0.6 is 11.8 Å². The monoisotopic (exact) mass is 413 g/mol. The van der Waals surface area contributed by atoms with E-state index in [1.54, 1.807) is 26.4 Å². The maximum atomic E-state index is 12.2. The molecule has 8 heteroatoms. The Kier molecular flexibility index (Phi) is 7.13. The lowest BCUT2D eigenvalue weighted by Crippen LogP contribution is -2.28. The van der Waals surface area contributed by atoms with Gasteiger partial charge in [-0.1, -0.05) is 36.0 Å². The van der Waals surface area contributed by atoms with Crippen LogP contribution in [0.25, 0.3) is 0 Å². The number of aliphatic imine (C=N–C) groups is 1. The fourth-order valence-corrected chi connectivity index (χ4v) is 3.83. The number of carbonyl (C=O) groups is 2. The number of hydrogen-bond donors (Lipinski definition) is 2. The SMILES string of the molecule is COc1ccc(CCN=C2NC(=O)[C@H](CC(=O)Nc3ccccc3)S2)cc1OC. The van der Waals surface area contributed by atoms with E-state index in [0.717, 1.165) is 5.56 Å². The first-order chi connectivity index (χ1) is 14.1. The summed E-state index contributed by atoms with van der Waals surface area (Å²) in [7, 11) is 3.20. The minimum Gasteiger partial charge on any atom is -0.493 e. The van der Waals surface area contributed by atoms with Gasteiger partial charge in [0.15, 0.2) is 16.7 Å². The molecule has 0 saturated carbocycles. The second-order valence-corrected chi connectivity index (χ2v) is 7.53. The second kappa shape index (κ2) is 9.97. The smallest absolute Gasteiger partial charge is 0.240 e. The van der Waals surface area contributed by atoms with Gasteiger partial charge < -0.3 is 20.1 Å². The lowest BCUT2D eigenvalue weighted by molar-refractivity contribution is -0.122. The van der Waals surface area contributed by atoms with E-state index in [1.807, 2.05) is 36.4 Å². The van der Waals surface area contributed by atoms with E-state index in [0.29, 0.717) is 35.3 Å². The van der Waals surface area contributed by atoms with Crippen molar-refractivity contribution in [1.29, 1.82) is 0 Å². The van der Waals surface area contributed by atoms with Gasteiger partial charge in [0.1, 0.15) is 5.25 Å². The number of para-hydroxylation sites is 1. The van der Waals surface area contributed by atoms with Crippen molar-refractivity contribution in [3.05, 3.63) is 54.1 Å². The molecule has 2 amide bonds. The average Bonchev–Trinajstić information content (AvgIpc) is 3.07. The number of carbonyl (C=O) groups excluding carboxylic acids is 2. The van der Waals surface area contributed by atoms with E-state index in [9.17, 15) is 9.59 Å². The fraction of sp³-hybridized carbons (Fsp3) is 0.286. The maximum absolute atomic E-state index is 12.2. The van der Waals surface area contributed by atoms with Crippen molar-refractivity contribution in [3.8, 4) is 11.5 Å². The van der Waals surface area contributed by atoms with Gasteiger partial charge in [-0.2, -0.15) is 0 Å². The number of nitrogens with zero attached hydrogens (tertiary/aromatic N) is 1.